The Bertz CT molecular complexity index is 625. The van der Waals surface area contributed by atoms with Crippen molar-refractivity contribution in [3.05, 3.63) is 42.1 Å². The van der Waals surface area contributed by atoms with E-state index < -0.39 is 0 Å². The van der Waals surface area contributed by atoms with Gasteiger partial charge in [-0.1, -0.05) is 18.2 Å². The summed E-state index contributed by atoms with van der Waals surface area (Å²) >= 11 is 0. The predicted molar refractivity (Wildman–Crippen MR) is 75.3 cm³/mol. The van der Waals surface area contributed by atoms with Crippen LogP contribution < -0.4 is 5.32 Å². The molecule has 0 aliphatic rings. The molecule has 0 saturated carbocycles. The number of methoxy groups -OCH3 is 1. The number of benzene rings is 1. The molecule has 0 aliphatic heterocycles. The van der Waals surface area contributed by atoms with E-state index in [2.05, 4.69) is 15.0 Å². The first kappa shape index (κ1) is 14.0. The third-order valence-electron chi connectivity index (χ3n) is 2.92. The quantitative estimate of drug-likeness (QED) is 0.667. The summed E-state index contributed by atoms with van der Waals surface area (Å²) in [7, 11) is 1.35. The lowest BCUT2D eigenvalue weighted by atomic mass is 10.1. The zero-order valence-electron chi connectivity index (χ0n) is 11.3. The second kappa shape index (κ2) is 6.65. The number of carbonyl (C=O) groups is 2. The summed E-state index contributed by atoms with van der Waals surface area (Å²) in [6, 6.07) is 9.42. The fourth-order valence-electron chi connectivity index (χ4n) is 1.83. The highest BCUT2D eigenvalue weighted by Gasteiger charge is 2.07. The highest BCUT2D eigenvalue weighted by Crippen LogP contribution is 2.12. The standard InChI is InChI=1S/C15H16N2O3/c1-20-14(18)7-4-8-16-15(19)12-9-11-5-2-3-6-13(11)17-10-12/h2-3,5-6,9-10H,4,7-8H2,1H3,(H,16,19). The molecule has 104 valence electrons. The number of aromatic nitrogens is 1. The van der Waals surface area contributed by atoms with Gasteiger partial charge >= 0.3 is 5.97 Å². The zero-order valence-corrected chi connectivity index (χ0v) is 11.3. The zero-order chi connectivity index (χ0) is 14.4. The molecule has 0 spiro atoms. The Kier molecular flexibility index (Phi) is 4.65. The van der Waals surface area contributed by atoms with Gasteiger partial charge in [0.15, 0.2) is 0 Å². The van der Waals surface area contributed by atoms with Crippen LogP contribution >= 0.6 is 0 Å². The van der Waals surface area contributed by atoms with Gasteiger partial charge in [0.1, 0.15) is 0 Å². The summed E-state index contributed by atoms with van der Waals surface area (Å²) in [5.41, 5.74) is 1.37. The third-order valence-corrected chi connectivity index (χ3v) is 2.92. The fourth-order valence-corrected chi connectivity index (χ4v) is 1.83. The van der Waals surface area contributed by atoms with Crippen molar-refractivity contribution in [1.29, 1.82) is 0 Å². The van der Waals surface area contributed by atoms with Crippen LogP contribution in [0, 0.1) is 0 Å². The Morgan fingerprint density at radius 2 is 2.10 bits per heavy atom. The summed E-state index contributed by atoms with van der Waals surface area (Å²) in [4.78, 5) is 27.1. The first-order chi connectivity index (χ1) is 9.70. The average molecular weight is 272 g/mol. The van der Waals surface area contributed by atoms with Crippen LogP contribution in [0.15, 0.2) is 36.5 Å². The van der Waals surface area contributed by atoms with Crippen LogP contribution in [0.3, 0.4) is 0 Å². The van der Waals surface area contributed by atoms with Crippen LogP contribution in [0.4, 0.5) is 0 Å². The van der Waals surface area contributed by atoms with Gasteiger partial charge in [0.25, 0.3) is 5.91 Å². The Labute approximate surface area is 117 Å². The van der Waals surface area contributed by atoms with Crippen LogP contribution in [0.2, 0.25) is 0 Å². The topological polar surface area (TPSA) is 68.3 Å². The molecule has 0 saturated heterocycles. The number of hydrogen-bond acceptors (Lipinski definition) is 4. The predicted octanol–water partition coefficient (Wildman–Crippen LogP) is 1.92. The second-order valence-corrected chi connectivity index (χ2v) is 4.35. The summed E-state index contributed by atoms with van der Waals surface area (Å²) in [5, 5.41) is 3.68. The van der Waals surface area contributed by atoms with Crippen molar-refractivity contribution < 1.29 is 14.3 Å². The molecule has 2 aromatic rings. The van der Waals surface area contributed by atoms with Gasteiger partial charge in [-0.2, -0.15) is 0 Å². The van der Waals surface area contributed by atoms with E-state index in [9.17, 15) is 9.59 Å². The number of ether oxygens (including phenoxy) is 1. The summed E-state index contributed by atoms with van der Waals surface area (Å²) < 4.78 is 4.53. The van der Waals surface area contributed by atoms with Gasteiger partial charge in [-0.25, -0.2) is 0 Å². The van der Waals surface area contributed by atoms with Gasteiger partial charge in [-0.3, -0.25) is 14.6 Å². The lowest BCUT2D eigenvalue weighted by Gasteiger charge is -2.05. The molecule has 1 aromatic carbocycles. The molecule has 0 unspecified atom stereocenters. The van der Waals surface area contributed by atoms with Crippen LogP contribution in [0.5, 0.6) is 0 Å². The van der Waals surface area contributed by atoms with Gasteiger partial charge in [0, 0.05) is 24.5 Å². The van der Waals surface area contributed by atoms with Crippen molar-refractivity contribution in [3.8, 4) is 0 Å². The number of hydrogen-bond donors (Lipinski definition) is 1. The minimum absolute atomic E-state index is 0.187. The normalized spacial score (nSPS) is 10.2. The van der Waals surface area contributed by atoms with Crippen molar-refractivity contribution in [3.63, 3.8) is 0 Å². The van der Waals surface area contributed by atoms with Crippen molar-refractivity contribution in [2.24, 2.45) is 0 Å². The van der Waals surface area contributed by atoms with Crippen molar-refractivity contribution in [1.82, 2.24) is 10.3 Å². The number of rotatable bonds is 5. The molecule has 20 heavy (non-hydrogen) atoms. The maximum atomic E-state index is 11.9. The maximum Gasteiger partial charge on any atom is 0.305 e. The molecule has 0 aliphatic carbocycles. The molecule has 5 heteroatoms. The Morgan fingerprint density at radius 3 is 2.90 bits per heavy atom. The first-order valence-electron chi connectivity index (χ1n) is 6.40. The number of esters is 1. The lowest BCUT2D eigenvalue weighted by Crippen LogP contribution is -2.25. The molecule has 2 rings (SSSR count). The number of pyridine rings is 1. The molecule has 0 atom stereocenters. The molecule has 0 fully saturated rings. The molecule has 1 aromatic heterocycles. The van der Waals surface area contributed by atoms with E-state index in [0.717, 1.165) is 10.9 Å². The number of fused-ring (bicyclic) bond motifs is 1. The van der Waals surface area contributed by atoms with Crippen LogP contribution in [0.1, 0.15) is 23.2 Å². The molecule has 0 bridgehead atoms. The maximum absolute atomic E-state index is 11.9. The minimum Gasteiger partial charge on any atom is -0.469 e. The van der Waals surface area contributed by atoms with Gasteiger partial charge in [-0.05, 0) is 18.6 Å². The number of nitrogens with zero attached hydrogens (tertiary/aromatic N) is 1. The average Bonchev–Trinajstić information content (AvgIpc) is 2.50. The van der Waals surface area contributed by atoms with Gasteiger partial charge < -0.3 is 10.1 Å². The number of para-hydroxylation sites is 1. The van der Waals surface area contributed by atoms with E-state index in [1.165, 1.54) is 7.11 Å². The first-order valence-corrected chi connectivity index (χ1v) is 6.40. The minimum atomic E-state index is -0.272. The highest BCUT2D eigenvalue weighted by atomic mass is 16.5. The van der Waals surface area contributed by atoms with E-state index in [4.69, 9.17) is 0 Å². The highest BCUT2D eigenvalue weighted by molar-refractivity contribution is 5.97. The molecular weight excluding hydrogens is 256 g/mol. The second-order valence-electron chi connectivity index (χ2n) is 4.35. The Hall–Kier alpha value is -2.43. The van der Waals surface area contributed by atoms with Crippen molar-refractivity contribution in [2.45, 2.75) is 12.8 Å². The van der Waals surface area contributed by atoms with Gasteiger partial charge in [0.05, 0.1) is 18.2 Å². The molecule has 1 amide bonds. The lowest BCUT2D eigenvalue weighted by molar-refractivity contribution is -0.140. The smallest absolute Gasteiger partial charge is 0.305 e. The molecule has 1 N–H and O–H groups in total. The monoisotopic (exact) mass is 272 g/mol. The van der Waals surface area contributed by atoms with Crippen LogP contribution in [-0.2, 0) is 9.53 Å². The largest absolute Gasteiger partial charge is 0.469 e. The third kappa shape index (κ3) is 3.54. The van der Waals surface area contributed by atoms with Crippen molar-refractivity contribution >= 4 is 22.8 Å². The van der Waals surface area contributed by atoms with Gasteiger partial charge in [0.2, 0.25) is 0 Å². The Balaban J connectivity index is 1.92. The number of nitrogens with one attached hydrogen (secondary N) is 1. The summed E-state index contributed by atoms with van der Waals surface area (Å²) in [6.45, 7) is 0.431. The van der Waals surface area contributed by atoms with E-state index in [1.54, 1.807) is 12.3 Å². The molecular formula is C15H16N2O3. The van der Waals surface area contributed by atoms with E-state index >= 15 is 0 Å². The number of carbonyl (C=O) groups excluding carboxylic acids is 2. The van der Waals surface area contributed by atoms with E-state index in [0.29, 0.717) is 24.9 Å². The van der Waals surface area contributed by atoms with Crippen molar-refractivity contribution in [2.75, 3.05) is 13.7 Å². The van der Waals surface area contributed by atoms with Gasteiger partial charge in [-0.15, -0.1) is 0 Å². The SMILES string of the molecule is COC(=O)CCCNC(=O)c1cnc2ccccc2c1. The van der Waals surface area contributed by atoms with Crippen LogP contribution in [0.25, 0.3) is 10.9 Å². The molecule has 0 radical (unpaired) electrons. The summed E-state index contributed by atoms with van der Waals surface area (Å²) in [6.07, 6.45) is 2.41. The number of amides is 1. The summed E-state index contributed by atoms with van der Waals surface area (Å²) in [5.74, 6) is -0.459. The van der Waals surface area contributed by atoms with E-state index in [1.807, 2.05) is 24.3 Å². The fraction of sp³-hybridized carbons (Fsp3) is 0.267. The molecule has 1 heterocycles. The Morgan fingerprint density at radius 1 is 1.30 bits per heavy atom. The molecule has 5 nitrogen and oxygen atoms in total. The van der Waals surface area contributed by atoms with E-state index in [-0.39, 0.29) is 11.9 Å². The van der Waals surface area contributed by atoms with Crippen LogP contribution in [-0.4, -0.2) is 30.5 Å².